The fourth-order valence-corrected chi connectivity index (χ4v) is 9.02. The Morgan fingerprint density at radius 2 is 1.22 bits per heavy atom. The molecule has 1 aliphatic heterocycles. The molecule has 0 unspecified atom stereocenters. The predicted octanol–water partition coefficient (Wildman–Crippen LogP) is -1.65. The van der Waals surface area contributed by atoms with Crippen molar-refractivity contribution in [3.63, 3.8) is 0 Å². The summed E-state index contributed by atoms with van der Waals surface area (Å²) in [6, 6.07) is -3.80. The van der Waals surface area contributed by atoms with Gasteiger partial charge in [-0.25, -0.2) is 9.78 Å². The summed E-state index contributed by atoms with van der Waals surface area (Å²) < 4.78 is 0. The van der Waals surface area contributed by atoms with Gasteiger partial charge < -0.3 is 73.9 Å². The van der Waals surface area contributed by atoms with Crippen LogP contribution in [0.2, 0.25) is 0 Å². The van der Waals surface area contributed by atoms with Gasteiger partial charge in [0, 0.05) is 44.1 Å². The first kappa shape index (κ1) is 65.2. The van der Waals surface area contributed by atoms with Crippen molar-refractivity contribution in [1.82, 2.24) is 52.1 Å². The summed E-state index contributed by atoms with van der Waals surface area (Å²) in [5, 5.41) is 47.2. The summed E-state index contributed by atoms with van der Waals surface area (Å²) in [6.45, 7) is 8.28. The summed E-state index contributed by atoms with van der Waals surface area (Å²) in [4.78, 5) is 156. The van der Waals surface area contributed by atoms with E-state index in [0.717, 1.165) is 0 Å². The third kappa shape index (κ3) is 22.1. The number of aliphatic hydroxyl groups is 1. The summed E-state index contributed by atoms with van der Waals surface area (Å²) in [7, 11) is 0. The molecule has 0 radical (unpaired) electrons. The molecule has 1 aromatic heterocycles. The molecular formula is C51H78N12O14S. The van der Waals surface area contributed by atoms with E-state index in [9.17, 15) is 68.1 Å². The Labute approximate surface area is 457 Å². The highest BCUT2D eigenvalue weighted by Crippen LogP contribution is 2.21. The van der Waals surface area contributed by atoms with Gasteiger partial charge in [0.15, 0.2) is 6.04 Å². The molecule has 15 N–H and O–H groups in total. The molecule has 2 aromatic rings. The molecule has 2 heterocycles. The minimum atomic E-state index is -1.67. The Bertz CT molecular complexity index is 2360. The molecule has 0 bridgehead atoms. The smallest absolute Gasteiger partial charge is 0.328 e. The number of aromatic amines is 1. The van der Waals surface area contributed by atoms with Crippen molar-refractivity contribution < 1.29 is 68.1 Å². The average Bonchev–Trinajstić information content (AvgIpc) is 4.09. The van der Waals surface area contributed by atoms with Crippen molar-refractivity contribution >= 4 is 76.9 Å². The number of carbonyl (C=O) groups excluding carboxylic acids is 9. The third-order valence-corrected chi connectivity index (χ3v) is 13.3. The van der Waals surface area contributed by atoms with Crippen molar-refractivity contribution in [3.8, 4) is 0 Å². The van der Waals surface area contributed by atoms with Gasteiger partial charge in [-0.2, -0.15) is 11.8 Å². The number of likely N-dealkylation sites (tertiary alicyclic amines) is 1. The van der Waals surface area contributed by atoms with Gasteiger partial charge in [0.25, 0.3) is 0 Å². The molecule has 0 saturated carbocycles. The molecule has 1 fully saturated rings. The number of nitrogens with zero attached hydrogens (tertiary/aromatic N) is 2. The molecule has 0 spiro atoms. The molecule has 1 aromatic carbocycles. The monoisotopic (exact) mass is 1110 g/mol. The van der Waals surface area contributed by atoms with E-state index in [1.807, 2.05) is 6.26 Å². The van der Waals surface area contributed by atoms with Crippen LogP contribution in [0.5, 0.6) is 0 Å². The number of hydrogen-bond donors (Lipinski definition) is 13. The van der Waals surface area contributed by atoms with Gasteiger partial charge in [-0.3, -0.25) is 47.9 Å². The first-order valence-corrected chi connectivity index (χ1v) is 27.3. The maximum atomic E-state index is 14.7. The van der Waals surface area contributed by atoms with Gasteiger partial charge in [0.05, 0.1) is 18.5 Å². The lowest BCUT2D eigenvalue weighted by molar-refractivity contribution is -0.145. The van der Waals surface area contributed by atoms with E-state index in [1.54, 1.807) is 58.0 Å². The Morgan fingerprint density at radius 3 is 1.76 bits per heavy atom. The van der Waals surface area contributed by atoms with E-state index in [-0.39, 0.29) is 69.7 Å². The normalized spacial score (nSPS) is 16.7. The lowest BCUT2D eigenvalue weighted by Crippen LogP contribution is -2.61. The third-order valence-electron chi connectivity index (χ3n) is 12.6. The number of benzene rings is 1. The molecule has 432 valence electrons. The molecule has 3 rings (SSSR count). The van der Waals surface area contributed by atoms with E-state index in [2.05, 4.69) is 47.2 Å². The highest BCUT2D eigenvalue weighted by Gasteiger charge is 2.41. The molecule has 0 aliphatic carbocycles. The number of rotatable bonds is 34. The van der Waals surface area contributed by atoms with Crippen LogP contribution in [0.4, 0.5) is 0 Å². The van der Waals surface area contributed by atoms with Gasteiger partial charge in [-0.05, 0) is 81.3 Å². The van der Waals surface area contributed by atoms with E-state index in [1.165, 1.54) is 36.1 Å². The number of carbonyl (C=O) groups is 11. The number of aliphatic carboxylic acids is 2. The molecule has 1 saturated heterocycles. The number of carboxylic acids is 2. The number of nitrogens with two attached hydrogens (primary N) is 2. The number of imidazole rings is 1. The number of thioether (sulfide) groups is 1. The summed E-state index contributed by atoms with van der Waals surface area (Å²) in [6.07, 6.45) is 1.90. The fourth-order valence-electron chi connectivity index (χ4n) is 8.53. The van der Waals surface area contributed by atoms with E-state index in [4.69, 9.17) is 11.5 Å². The van der Waals surface area contributed by atoms with Crippen LogP contribution in [0.15, 0.2) is 42.9 Å². The van der Waals surface area contributed by atoms with Crippen LogP contribution in [0.25, 0.3) is 0 Å². The van der Waals surface area contributed by atoms with Crippen LogP contribution < -0.4 is 48.7 Å². The zero-order valence-corrected chi connectivity index (χ0v) is 45.8. The van der Waals surface area contributed by atoms with Crippen molar-refractivity contribution in [1.29, 1.82) is 0 Å². The minimum Gasteiger partial charge on any atom is -0.481 e. The second-order valence-electron chi connectivity index (χ2n) is 20.2. The lowest BCUT2D eigenvalue weighted by atomic mass is 10.00. The van der Waals surface area contributed by atoms with E-state index >= 15 is 0 Å². The topological polar surface area (TPSA) is 417 Å². The Morgan fingerprint density at radius 1 is 0.692 bits per heavy atom. The molecule has 26 nitrogen and oxygen atoms in total. The van der Waals surface area contributed by atoms with Crippen molar-refractivity contribution in [2.24, 2.45) is 23.3 Å². The number of aromatic nitrogens is 2. The van der Waals surface area contributed by atoms with Crippen molar-refractivity contribution in [2.75, 3.05) is 18.6 Å². The number of aliphatic hydroxyl groups excluding tert-OH is 1. The quantitative estimate of drug-likeness (QED) is 0.0373. The van der Waals surface area contributed by atoms with Crippen LogP contribution in [-0.4, -0.2) is 174 Å². The number of hydrogen-bond acceptors (Lipinski definition) is 15. The van der Waals surface area contributed by atoms with Crippen LogP contribution in [0.1, 0.15) is 104 Å². The highest BCUT2D eigenvalue weighted by atomic mass is 32.2. The van der Waals surface area contributed by atoms with Crippen LogP contribution in [0, 0.1) is 11.8 Å². The highest BCUT2D eigenvalue weighted by molar-refractivity contribution is 7.98. The molecular weight excluding hydrogens is 1040 g/mol. The van der Waals surface area contributed by atoms with Gasteiger partial charge in [0.1, 0.15) is 42.3 Å². The van der Waals surface area contributed by atoms with Gasteiger partial charge >= 0.3 is 11.9 Å². The minimum absolute atomic E-state index is 0.0330. The molecule has 9 amide bonds. The SMILES string of the molecule is CSCC[C@H](N)C(=O)N[C@@H](CCC(N)=O)C(=O)N[C@@H](Cc1cnc[nH]1)C(=O)N[C@@H](CC(C)C)C(=O)N[C@@H](CCC(=O)O)C(=O)N[C@@H](Cc1ccccc1)C(=O)N1CCC[C@H]1C(=O)N[C@@H](CC(C)C)C(=O)N[C@H](C(=O)O)[C@@H](C)O. The number of primary amides is 1. The van der Waals surface area contributed by atoms with Gasteiger partial charge in [0.2, 0.25) is 53.2 Å². The number of H-pyrrole nitrogens is 1. The molecule has 27 heteroatoms. The second kappa shape index (κ2) is 32.6. The zero-order valence-electron chi connectivity index (χ0n) is 45.0. The Hall–Kier alpha value is -7.13. The predicted molar refractivity (Wildman–Crippen MR) is 285 cm³/mol. The van der Waals surface area contributed by atoms with Crippen LogP contribution >= 0.6 is 11.8 Å². The molecule has 78 heavy (non-hydrogen) atoms. The average molecular weight is 1120 g/mol. The number of nitrogens with one attached hydrogen (secondary N) is 8. The van der Waals surface area contributed by atoms with Crippen molar-refractivity contribution in [3.05, 3.63) is 54.1 Å². The largest absolute Gasteiger partial charge is 0.481 e. The summed E-state index contributed by atoms with van der Waals surface area (Å²) >= 11 is 1.46. The fraction of sp³-hybridized carbons (Fsp3) is 0.608. The summed E-state index contributed by atoms with van der Waals surface area (Å²) in [5.74, 6) is -10.2. The zero-order chi connectivity index (χ0) is 58.2. The van der Waals surface area contributed by atoms with Crippen LogP contribution in [-0.2, 0) is 65.6 Å². The standard InChI is InChI=1S/C51H78N12O14S/c1-27(2)21-35(58-47(72)37(24-31-25-54-26-55-31)59-44(69)33(14-16-40(53)65)56-43(68)32(52)18-20-78-6)46(71)57-34(15-17-41(66)67)45(70)61-38(23-30-11-8-7-9-12-30)50(75)63-19-10-13-39(63)49(74)60-36(22-28(3)4)48(73)62-42(29(5)64)51(76)77/h7-9,11-12,25-29,32-39,42,64H,10,13-24,52H2,1-6H3,(H2,53,65)(H,54,55)(H,56,68)(H,57,71)(H,58,72)(H,59,69)(H,60,74)(H,61,70)(H,62,73)(H,66,67)(H,76,77)/t29-,32+,33+,34+,35+,36+,37+,38+,39+,42+/m1/s1. The Balaban J connectivity index is 1.94. The van der Waals surface area contributed by atoms with Crippen LogP contribution in [0.3, 0.4) is 0 Å². The Kier molecular flexibility index (Phi) is 27.2. The lowest BCUT2D eigenvalue weighted by Gasteiger charge is -2.31. The second-order valence-corrected chi connectivity index (χ2v) is 21.2. The first-order valence-electron chi connectivity index (χ1n) is 25.9. The van der Waals surface area contributed by atoms with E-state index in [0.29, 0.717) is 23.4 Å². The maximum absolute atomic E-state index is 14.7. The van der Waals surface area contributed by atoms with Gasteiger partial charge in [-0.1, -0.05) is 58.0 Å². The molecule has 1 aliphatic rings. The van der Waals surface area contributed by atoms with Crippen molar-refractivity contribution in [2.45, 2.75) is 166 Å². The summed E-state index contributed by atoms with van der Waals surface area (Å²) in [5.41, 5.74) is 12.4. The first-order chi connectivity index (χ1) is 36.8. The van der Waals surface area contributed by atoms with E-state index < -0.39 is 138 Å². The maximum Gasteiger partial charge on any atom is 0.328 e. The number of amides is 9. The molecule has 10 atom stereocenters. The number of carboxylic acid groups (broad SMARTS) is 2. The van der Waals surface area contributed by atoms with Gasteiger partial charge in [-0.15, -0.1) is 0 Å².